The van der Waals surface area contributed by atoms with Gasteiger partial charge in [-0.2, -0.15) is 13.2 Å². The van der Waals surface area contributed by atoms with Gasteiger partial charge in [0.25, 0.3) is 0 Å². The van der Waals surface area contributed by atoms with Gasteiger partial charge in [0.2, 0.25) is 29.5 Å². The molecule has 113 heavy (non-hydrogen) atoms. The molecule has 26 heteroatoms. The molecule has 4 aromatic heterocycles. The van der Waals surface area contributed by atoms with Gasteiger partial charge < -0.3 is 33.6 Å². The highest BCUT2D eigenvalue weighted by Gasteiger charge is 2.66. The number of fused-ring (bicyclic) bond motifs is 3. The molecular formula is C87H87F3N10O13. The number of rotatable bonds is 27. The normalized spacial score (nSPS) is 18.4. The lowest BCUT2D eigenvalue weighted by Crippen LogP contribution is -2.41. The predicted octanol–water partition coefficient (Wildman–Crippen LogP) is 13.0. The van der Waals surface area contributed by atoms with Crippen LogP contribution < -0.4 is 30.7 Å². The van der Waals surface area contributed by atoms with Crippen molar-refractivity contribution in [1.29, 1.82) is 0 Å². The molecular weight excluding hydrogens is 1450 g/mol. The van der Waals surface area contributed by atoms with Crippen molar-refractivity contribution in [3.05, 3.63) is 258 Å². The third-order valence-electron chi connectivity index (χ3n) is 20.9. The van der Waals surface area contributed by atoms with Gasteiger partial charge in [0.05, 0.1) is 68.5 Å². The first-order chi connectivity index (χ1) is 54.4. The molecule has 0 spiro atoms. The van der Waals surface area contributed by atoms with E-state index < -0.39 is 69.6 Å². The Kier molecular flexibility index (Phi) is 24.9. The minimum Gasteiger partial charge on any atom is -0.489 e. The Labute approximate surface area is 650 Å². The standard InChI is InChI=1S/C33H36N4O4.C29H27N3O5.C25H24F3N3O4/c1-36(2)17-18-37(3)32(39)33(21-28(33)31(38)35-40)20-23-13-15-26(16-14-23)41-22-25-19-30(24-9-5-4-6-10-24)34-29-12-8-7-11-27(25)29;1-2-36-28(34)29(16-24(29)27(33)32-35)15-19-9-11-22(12-10-19)37-18-21-14-26(20-6-5-13-30-17-20)31-25-8-4-3-7-23(21)25;1-31(2)23(33)24(13-19(24)22(32)30-34)12-15-7-9-17(10-8-15)35-14-16-11-21(25(26,27)28)29-20-6-4-3-5-18(16)20/h4-16,19,28,40H,17-18,20-22H2,1-3H3,(H,35,38);3-14,17,24,35H,2,15-16,18H2,1H3,(H,32,33);3-11,19,34H,12-14H2,1-2H3,(H,30,32)/t28-,33+;24-,29+;19-,24+/m111/s1. The van der Waals surface area contributed by atoms with Crippen LogP contribution in [-0.4, -0.2) is 141 Å². The van der Waals surface area contributed by atoms with Gasteiger partial charge in [-0.15, -0.1) is 0 Å². The highest BCUT2D eigenvalue weighted by molar-refractivity contribution is 5.97. The maximum absolute atomic E-state index is 13.5. The summed E-state index contributed by atoms with van der Waals surface area (Å²) in [6.45, 7) is 3.87. The number of aromatic nitrogens is 4. The van der Waals surface area contributed by atoms with E-state index in [9.17, 15) is 47.1 Å². The number of hydrogen-bond donors (Lipinski definition) is 6. The topological polar surface area (TPSA) is 297 Å². The van der Waals surface area contributed by atoms with Gasteiger partial charge in [-0.25, -0.2) is 31.4 Å². The Morgan fingerprint density at radius 2 is 0.858 bits per heavy atom. The molecule has 0 bridgehead atoms. The summed E-state index contributed by atoms with van der Waals surface area (Å²) < 4.78 is 63.2. The highest BCUT2D eigenvalue weighted by atomic mass is 19.4. The second-order valence-corrected chi connectivity index (χ2v) is 29.1. The molecule has 11 aromatic rings. The van der Waals surface area contributed by atoms with Crippen LogP contribution in [0.5, 0.6) is 17.2 Å². The number of hydroxylamine groups is 3. The molecule has 3 saturated carbocycles. The number of likely N-dealkylation sites (N-methyl/N-ethyl adjacent to an activating group) is 2. The predicted molar refractivity (Wildman–Crippen MR) is 415 cm³/mol. The van der Waals surface area contributed by atoms with Crippen LogP contribution in [0.4, 0.5) is 13.2 Å². The van der Waals surface area contributed by atoms with Crippen LogP contribution in [0, 0.1) is 34.0 Å². The summed E-state index contributed by atoms with van der Waals surface area (Å²) in [4.78, 5) is 97.7. The minimum atomic E-state index is -4.58. The summed E-state index contributed by atoms with van der Waals surface area (Å²) in [5, 5.41) is 29.9. The van der Waals surface area contributed by atoms with Crippen LogP contribution in [0.3, 0.4) is 0 Å². The van der Waals surface area contributed by atoms with Crippen LogP contribution in [0.1, 0.15) is 65.3 Å². The third kappa shape index (κ3) is 18.7. The van der Waals surface area contributed by atoms with Crippen molar-refractivity contribution in [2.75, 3.05) is 54.9 Å². The van der Waals surface area contributed by atoms with E-state index in [0.29, 0.717) is 86.5 Å². The van der Waals surface area contributed by atoms with Crippen molar-refractivity contribution < 1.29 is 76.5 Å². The third-order valence-corrected chi connectivity index (χ3v) is 20.9. The van der Waals surface area contributed by atoms with Gasteiger partial charge >= 0.3 is 12.1 Å². The van der Waals surface area contributed by atoms with E-state index in [1.165, 1.54) is 11.0 Å². The van der Waals surface area contributed by atoms with Crippen molar-refractivity contribution in [3.63, 3.8) is 0 Å². The summed E-state index contributed by atoms with van der Waals surface area (Å²) in [7, 11) is 8.90. The second-order valence-electron chi connectivity index (χ2n) is 29.1. The molecule has 0 radical (unpaired) electrons. The number of pyridine rings is 4. The summed E-state index contributed by atoms with van der Waals surface area (Å²) >= 11 is 0. The zero-order chi connectivity index (χ0) is 80.2. The zero-order valence-corrected chi connectivity index (χ0v) is 63.2. The SMILES string of the molecule is CCOC(=O)[C@@]1(Cc2ccc(OCc3cc(-c4cccnc4)nc4ccccc34)cc2)C[C@@H]1C(=O)NO.CN(C)C(=O)[C@@]1(Cc2ccc(OCc3cc(C(F)(F)F)nc4ccccc34)cc2)C[C@@H]1C(=O)NO.CN(C)CCN(C)C(=O)[C@@]1(Cc2ccc(OCc3cc(-c4ccccc4)nc4ccccc34)cc2)C[C@@H]1C(=O)NO. The van der Waals surface area contributed by atoms with E-state index in [1.807, 2.05) is 159 Å². The second kappa shape index (κ2) is 35.0. The average Bonchev–Trinajstić information content (AvgIpc) is 1.58. The molecule has 4 heterocycles. The Bertz CT molecular complexity index is 5240. The Morgan fingerprint density at radius 3 is 1.27 bits per heavy atom. The van der Waals surface area contributed by atoms with Gasteiger partial charge in [0.1, 0.15) is 42.8 Å². The molecule has 0 unspecified atom stereocenters. The number of amides is 5. The van der Waals surface area contributed by atoms with Gasteiger partial charge in [0, 0.05) is 90.6 Å². The fourth-order valence-corrected chi connectivity index (χ4v) is 14.6. The van der Waals surface area contributed by atoms with Crippen LogP contribution in [0.15, 0.2) is 219 Å². The smallest absolute Gasteiger partial charge is 0.433 e. The zero-order valence-electron chi connectivity index (χ0n) is 63.2. The quantitative estimate of drug-likeness (QED) is 0.0158. The number of carbonyl (C=O) groups is 6. The first-order valence-corrected chi connectivity index (χ1v) is 36.8. The van der Waals surface area contributed by atoms with Crippen LogP contribution in [-0.2, 0) is 78.8 Å². The van der Waals surface area contributed by atoms with Crippen molar-refractivity contribution in [2.24, 2.45) is 34.0 Å². The van der Waals surface area contributed by atoms with E-state index in [2.05, 4.69) is 22.1 Å². The van der Waals surface area contributed by atoms with E-state index in [4.69, 9.17) is 39.3 Å². The van der Waals surface area contributed by atoms with Gasteiger partial charge in [0.15, 0.2) is 0 Å². The van der Waals surface area contributed by atoms with Gasteiger partial charge in [-0.1, -0.05) is 121 Å². The molecule has 14 rings (SSSR count). The number of nitrogens with one attached hydrogen (secondary N) is 3. The van der Waals surface area contributed by atoms with Crippen LogP contribution in [0.2, 0.25) is 0 Å². The van der Waals surface area contributed by atoms with Crippen LogP contribution >= 0.6 is 0 Å². The number of nitrogens with zero attached hydrogens (tertiary/aromatic N) is 7. The van der Waals surface area contributed by atoms with Crippen molar-refractivity contribution in [3.8, 4) is 39.8 Å². The monoisotopic (exact) mass is 1540 g/mol. The number of alkyl halides is 3. The van der Waals surface area contributed by atoms with Crippen molar-refractivity contribution in [1.82, 2.24) is 51.1 Å². The number of halogens is 3. The largest absolute Gasteiger partial charge is 0.489 e. The molecule has 6 N–H and O–H groups in total. The minimum absolute atomic E-state index is 0.0768. The number of ether oxygens (including phenoxy) is 4. The van der Waals surface area contributed by atoms with E-state index in [0.717, 1.165) is 84.7 Å². The molecule has 584 valence electrons. The molecule has 0 saturated heterocycles. The molecule has 3 aliphatic rings. The molecule has 23 nitrogen and oxygen atoms in total. The fraction of sp³-hybridized carbons (Fsp3) is 0.287. The molecule has 0 aliphatic heterocycles. The lowest BCUT2D eigenvalue weighted by atomic mass is 9.92. The molecule has 3 aliphatic carbocycles. The highest BCUT2D eigenvalue weighted by Crippen LogP contribution is 2.58. The molecule has 5 amide bonds. The average molecular weight is 1540 g/mol. The number of carbonyl (C=O) groups excluding carboxylic acids is 6. The number of benzene rings is 7. The van der Waals surface area contributed by atoms with Crippen molar-refractivity contribution in [2.45, 2.75) is 71.4 Å². The van der Waals surface area contributed by atoms with Gasteiger partial charge in [-0.05, 0) is 161 Å². The summed E-state index contributed by atoms with van der Waals surface area (Å²) in [6, 6.07) is 63.6. The molecule has 3 fully saturated rings. The lowest BCUT2D eigenvalue weighted by molar-refractivity contribution is -0.152. The van der Waals surface area contributed by atoms with E-state index in [1.54, 1.807) is 104 Å². The number of para-hydroxylation sites is 3. The first-order valence-electron chi connectivity index (χ1n) is 36.8. The summed E-state index contributed by atoms with van der Waals surface area (Å²) in [5.41, 5.74) is 12.0. The fourth-order valence-electron chi connectivity index (χ4n) is 14.6. The van der Waals surface area contributed by atoms with Crippen molar-refractivity contribution >= 4 is 68.2 Å². The molecule has 7 aromatic carbocycles. The number of esters is 1. The molecule has 6 atom stereocenters. The van der Waals surface area contributed by atoms with E-state index in [-0.39, 0.29) is 30.5 Å². The first kappa shape index (κ1) is 80.3. The summed E-state index contributed by atoms with van der Waals surface area (Å²) in [6.07, 6.45) is 1.06. The Balaban J connectivity index is 0.000000158. The lowest BCUT2D eigenvalue weighted by Gasteiger charge is -2.26. The van der Waals surface area contributed by atoms with Crippen LogP contribution in [0.25, 0.3) is 55.2 Å². The maximum atomic E-state index is 13.5. The Morgan fingerprint density at radius 1 is 0.469 bits per heavy atom. The Hall–Kier alpha value is -12.2. The van der Waals surface area contributed by atoms with Gasteiger partial charge in [-0.3, -0.25) is 49.4 Å². The maximum Gasteiger partial charge on any atom is 0.433 e. The van der Waals surface area contributed by atoms with E-state index >= 15 is 0 Å². The number of hydrogen-bond acceptors (Lipinski definition) is 18. The summed E-state index contributed by atoms with van der Waals surface area (Å²) in [5.74, 6) is -2.33.